The fourth-order valence-corrected chi connectivity index (χ4v) is 1.08. The number of nitrogen functional groups attached to an aromatic ring is 1. The minimum absolute atomic E-state index is 0.136. The predicted octanol–water partition coefficient (Wildman–Crippen LogP) is 0.618. The zero-order valence-corrected chi connectivity index (χ0v) is 9.61. The van der Waals surface area contributed by atoms with Gasteiger partial charge < -0.3 is 15.2 Å². The molecule has 1 heterocycles. The highest BCUT2D eigenvalue weighted by molar-refractivity contribution is 5.70. The molecule has 88 valence electrons. The van der Waals surface area contributed by atoms with Gasteiger partial charge >= 0.3 is 12.0 Å². The van der Waals surface area contributed by atoms with E-state index in [-0.39, 0.29) is 12.6 Å². The fourth-order valence-electron chi connectivity index (χ4n) is 1.08. The van der Waals surface area contributed by atoms with Crippen LogP contribution in [-0.4, -0.2) is 29.2 Å². The van der Waals surface area contributed by atoms with Gasteiger partial charge in [0, 0.05) is 0 Å². The maximum Gasteiger partial charge on any atom is 0.344 e. The van der Waals surface area contributed by atoms with Crippen molar-refractivity contribution in [2.45, 2.75) is 20.8 Å². The molecule has 0 bridgehead atoms. The number of hydrogen-bond donors (Lipinski definition) is 1. The molecule has 2 N–H and O–H groups in total. The Morgan fingerprint density at radius 1 is 1.31 bits per heavy atom. The molecule has 0 spiro atoms. The van der Waals surface area contributed by atoms with E-state index in [0.29, 0.717) is 23.7 Å². The highest BCUT2D eigenvalue weighted by Gasteiger charge is 2.08. The monoisotopic (exact) mass is 225 g/mol. The molecule has 0 unspecified atom stereocenters. The number of esters is 1. The van der Waals surface area contributed by atoms with E-state index in [4.69, 9.17) is 15.2 Å². The molecule has 0 aromatic carbocycles. The van der Waals surface area contributed by atoms with Crippen molar-refractivity contribution in [1.82, 2.24) is 9.97 Å². The average molecular weight is 225 g/mol. The Labute approximate surface area is 93.8 Å². The fraction of sp³-hybridized carbons (Fsp3) is 0.500. The first-order chi connectivity index (χ1) is 7.54. The average Bonchev–Trinajstić information content (AvgIpc) is 2.23. The van der Waals surface area contributed by atoms with Gasteiger partial charge in [-0.3, -0.25) is 0 Å². The third-order valence-electron chi connectivity index (χ3n) is 1.93. The lowest BCUT2D eigenvalue weighted by atomic mass is 10.3. The highest BCUT2D eigenvalue weighted by Crippen LogP contribution is 2.15. The molecule has 1 aromatic heterocycles. The molecular weight excluding hydrogens is 210 g/mol. The Bertz CT molecular complexity index is 370. The van der Waals surface area contributed by atoms with Gasteiger partial charge in [0.1, 0.15) is 0 Å². The smallest absolute Gasteiger partial charge is 0.344 e. The summed E-state index contributed by atoms with van der Waals surface area (Å²) in [5.74, 6) is -0.446. The molecule has 0 aliphatic heterocycles. The van der Waals surface area contributed by atoms with Crippen LogP contribution < -0.4 is 10.5 Å². The SMILES string of the molecule is CCOC(=O)COc1nc(C)c(N)c(C)n1. The summed E-state index contributed by atoms with van der Waals surface area (Å²) < 4.78 is 9.79. The second kappa shape index (κ2) is 5.29. The van der Waals surface area contributed by atoms with Crippen molar-refractivity contribution in [3.8, 4) is 6.01 Å². The molecule has 1 rings (SSSR count). The maximum absolute atomic E-state index is 11.0. The van der Waals surface area contributed by atoms with Crippen LogP contribution in [0.1, 0.15) is 18.3 Å². The quantitative estimate of drug-likeness (QED) is 0.756. The summed E-state index contributed by atoms with van der Waals surface area (Å²) in [6.45, 7) is 5.36. The van der Waals surface area contributed by atoms with Gasteiger partial charge in [-0.1, -0.05) is 0 Å². The van der Waals surface area contributed by atoms with Gasteiger partial charge in [-0.05, 0) is 20.8 Å². The molecule has 0 aliphatic rings. The summed E-state index contributed by atoms with van der Waals surface area (Å²) in [5.41, 5.74) is 7.47. The van der Waals surface area contributed by atoms with Crippen LogP contribution in [0.4, 0.5) is 5.69 Å². The number of aryl methyl sites for hydroxylation is 2. The molecule has 16 heavy (non-hydrogen) atoms. The summed E-state index contributed by atoms with van der Waals surface area (Å²) in [4.78, 5) is 19.0. The summed E-state index contributed by atoms with van der Waals surface area (Å²) in [6.07, 6.45) is 0. The minimum Gasteiger partial charge on any atom is -0.463 e. The van der Waals surface area contributed by atoms with Gasteiger partial charge in [-0.15, -0.1) is 0 Å². The van der Waals surface area contributed by atoms with Gasteiger partial charge in [-0.2, -0.15) is 9.97 Å². The van der Waals surface area contributed by atoms with Crippen LogP contribution >= 0.6 is 0 Å². The third-order valence-corrected chi connectivity index (χ3v) is 1.93. The maximum atomic E-state index is 11.0. The van der Waals surface area contributed by atoms with E-state index < -0.39 is 5.97 Å². The number of anilines is 1. The summed E-state index contributed by atoms with van der Waals surface area (Å²) in [6, 6.07) is 0.136. The van der Waals surface area contributed by atoms with E-state index in [1.807, 2.05) is 0 Å². The van der Waals surface area contributed by atoms with E-state index in [9.17, 15) is 4.79 Å². The van der Waals surface area contributed by atoms with Crippen molar-refractivity contribution in [3.05, 3.63) is 11.4 Å². The Hall–Kier alpha value is -1.85. The number of carbonyl (C=O) groups excluding carboxylic acids is 1. The second-order valence-electron chi connectivity index (χ2n) is 3.18. The number of ether oxygens (including phenoxy) is 2. The van der Waals surface area contributed by atoms with Gasteiger partial charge in [0.25, 0.3) is 0 Å². The molecule has 1 aromatic rings. The van der Waals surface area contributed by atoms with Crippen LogP contribution in [0.5, 0.6) is 6.01 Å². The Balaban J connectivity index is 2.65. The molecule has 0 aliphatic carbocycles. The lowest BCUT2D eigenvalue weighted by molar-refractivity contribution is -0.145. The molecule has 0 atom stereocenters. The van der Waals surface area contributed by atoms with Crippen molar-refractivity contribution in [1.29, 1.82) is 0 Å². The van der Waals surface area contributed by atoms with Crippen LogP contribution in [0.15, 0.2) is 0 Å². The van der Waals surface area contributed by atoms with E-state index in [1.165, 1.54) is 0 Å². The standard InChI is InChI=1S/C10H15N3O3/c1-4-15-8(14)5-16-10-12-6(2)9(11)7(3)13-10/h4-5,11H2,1-3H3. The Morgan fingerprint density at radius 3 is 2.38 bits per heavy atom. The van der Waals surface area contributed by atoms with Gasteiger partial charge in [-0.25, -0.2) is 4.79 Å². The van der Waals surface area contributed by atoms with Crippen molar-refractivity contribution in [2.24, 2.45) is 0 Å². The number of hydrogen-bond acceptors (Lipinski definition) is 6. The largest absolute Gasteiger partial charge is 0.463 e. The van der Waals surface area contributed by atoms with E-state index >= 15 is 0 Å². The summed E-state index contributed by atoms with van der Waals surface area (Å²) >= 11 is 0. The van der Waals surface area contributed by atoms with Crippen molar-refractivity contribution < 1.29 is 14.3 Å². The van der Waals surface area contributed by atoms with E-state index in [1.54, 1.807) is 20.8 Å². The lowest BCUT2D eigenvalue weighted by Crippen LogP contribution is -2.16. The van der Waals surface area contributed by atoms with Gasteiger partial charge in [0.05, 0.1) is 23.7 Å². The number of rotatable bonds is 4. The molecule has 6 heteroatoms. The molecule has 0 saturated carbocycles. The Kier molecular flexibility index (Phi) is 4.04. The highest BCUT2D eigenvalue weighted by atomic mass is 16.6. The van der Waals surface area contributed by atoms with Crippen LogP contribution in [0.3, 0.4) is 0 Å². The predicted molar refractivity (Wildman–Crippen MR) is 58.0 cm³/mol. The van der Waals surface area contributed by atoms with Gasteiger partial charge in [0.2, 0.25) is 0 Å². The Morgan fingerprint density at radius 2 is 1.88 bits per heavy atom. The summed E-state index contributed by atoms with van der Waals surface area (Å²) in [5, 5.41) is 0. The van der Waals surface area contributed by atoms with Crippen LogP contribution in [0.25, 0.3) is 0 Å². The van der Waals surface area contributed by atoms with E-state index in [2.05, 4.69) is 9.97 Å². The molecule has 0 amide bonds. The first-order valence-electron chi connectivity index (χ1n) is 4.93. The van der Waals surface area contributed by atoms with Crippen LogP contribution in [0, 0.1) is 13.8 Å². The van der Waals surface area contributed by atoms with Crippen molar-refractivity contribution >= 4 is 11.7 Å². The zero-order valence-electron chi connectivity index (χ0n) is 9.61. The molecule has 6 nitrogen and oxygen atoms in total. The van der Waals surface area contributed by atoms with Crippen LogP contribution in [-0.2, 0) is 9.53 Å². The first kappa shape index (κ1) is 12.2. The molecule has 0 saturated heterocycles. The lowest BCUT2D eigenvalue weighted by Gasteiger charge is -2.07. The molecule has 0 fully saturated rings. The third kappa shape index (κ3) is 3.08. The van der Waals surface area contributed by atoms with Crippen LogP contribution in [0.2, 0.25) is 0 Å². The number of aromatic nitrogens is 2. The molecule has 0 radical (unpaired) electrons. The number of nitrogens with two attached hydrogens (primary N) is 1. The second-order valence-corrected chi connectivity index (χ2v) is 3.18. The van der Waals surface area contributed by atoms with Crippen molar-refractivity contribution in [3.63, 3.8) is 0 Å². The number of carbonyl (C=O) groups is 1. The van der Waals surface area contributed by atoms with E-state index in [0.717, 1.165) is 0 Å². The normalized spacial score (nSPS) is 9.94. The molecular formula is C10H15N3O3. The topological polar surface area (TPSA) is 87.3 Å². The summed E-state index contributed by atoms with van der Waals surface area (Å²) in [7, 11) is 0. The van der Waals surface area contributed by atoms with Gasteiger partial charge in [0.15, 0.2) is 6.61 Å². The zero-order chi connectivity index (χ0) is 12.1. The minimum atomic E-state index is -0.446. The van der Waals surface area contributed by atoms with Crippen molar-refractivity contribution in [2.75, 3.05) is 18.9 Å². The number of nitrogens with zero attached hydrogens (tertiary/aromatic N) is 2. The first-order valence-corrected chi connectivity index (χ1v) is 4.93.